The van der Waals surface area contributed by atoms with Crippen LogP contribution >= 0.6 is 0 Å². The van der Waals surface area contributed by atoms with Crippen molar-refractivity contribution in [2.24, 2.45) is 0 Å². The largest absolute Gasteiger partial charge is 0.497 e. The van der Waals surface area contributed by atoms with Crippen LogP contribution in [0.3, 0.4) is 0 Å². The predicted octanol–water partition coefficient (Wildman–Crippen LogP) is 4.28. The molecule has 0 fully saturated rings. The van der Waals surface area contributed by atoms with E-state index in [4.69, 9.17) is 4.74 Å². The van der Waals surface area contributed by atoms with E-state index in [2.05, 4.69) is 9.82 Å². The Bertz CT molecular complexity index is 1140. The first kappa shape index (κ1) is 20.9. The third kappa shape index (κ3) is 4.29. The van der Waals surface area contributed by atoms with Crippen LogP contribution in [-0.2, 0) is 16.6 Å². The number of hydrogen-bond donors (Lipinski definition) is 1. The summed E-state index contributed by atoms with van der Waals surface area (Å²) >= 11 is 0. The molecular weight excluding hydrogens is 386 g/mol. The molecule has 0 atom stereocenters. The smallest absolute Gasteiger partial charge is 0.262 e. The van der Waals surface area contributed by atoms with E-state index in [0.717, 1.165) is 33.7 Å². The number of methoxy groups -OCH3 is 1. The molecule has 154 valence electrons. The van der Waals surface area contributed by atoms with E-state index in [1.54, 1.807) is 11.8 Å². The van der Waals surface area contributed by atoms with E-state index < -0.39 is 10.0 Å². The zero-order chi connectivity index (χ0) is 21.3. The Hall–Kier alpha value is -2.80. The molecule has 0 aliphatic rings. The monoisotopic (exact) mass is 413 g/mol. The Labute approximate surface area is 172 Å². The van der Waals surface area contributed by atoms with Crippen molar-refractivity contribution in [2.45, 2.75) is 46.1 Å². The fraction of sp³-hybridized carbons (Fsp3) is 0.318. The summed E-state index contributed by atoms with van der Waals surface area (Å²) in [5, 5.41) is 4.55. The summed E-state index contributed by atoms with van der Waals surface area (Å²) in [6.07, 6.45) is 0. The van der Waals surface area contributed by atoms with Crippen molar-refractivity contribution in [1.82, 2.24) is 9.78 Å². The van der Waals surface area contributed by atoms with Crippen LogP contribution in [0.2, 0.25) is 0 Å². The van der Waals surface area contributed by atoms with Gasteiger partial charge in [-0.3, -0.25) is 9.40 Å². The predicted molar refractivity (Wildman–Crippen MR) is 115 cm³/mol. The second-order valence-corrected chi connectivity index (χ2v) is 9.01. The van der Waals surface area contributed by atoms with Crippen LogP contribution in [0.15, 0.2) is 41.3 Å². The van der Waals surface area contributed by atoms with Crippen LogP contribution in [-0.4, -0.2) is 25.3 Å². The van der Waals surface area contributed by atoms with E-state index in [0.29, 0.717) is 22.8 Å². The van der Waals surface area contributed by atoms with E-state index in [9.17, 15) is 8.42 Å². The number of sulfonamides is 1. The molecule has 29 heavy (non-hydrogen) atoms. The molecule has 0 spiro atoms. The Balaban J connectivity index is 1.94. The molecule has 1 N–H and O–H groups in total. The molecule has 3 rings (SSSR count). The number of aryl methyl sites for hydroxylation is 4. The highest BCUT2D eigenvalue weighted by molar-refractivity contribution is 7.92. The number of nitrogens with zero attached hydrogens (tertiary/aromatic N) is 2. The minimum Gasteiger partial charge on any atom is -0.497 e. The van der Waals surface area contributed by atoms with Crippen LogP contribution in [0.5, 0.6) is 5.75 Å². The number of aromatic nitrogens is 2. The van der Waals surface area contributed by atoms with Gasteiger partial charge in [-0.25, -0.2) is 8.42 Å². The lowest BCUT2D eigenvalue weighted by Gasteiger charge is -2.14. The Morgan fingerprint density at radius 3 is 2.31 bits per heavy atom. The SMILES string of the molecule is COc1cccc(Cn2nc(C)c(NS(=O)(=O)c3c(C)cc(C)cc3C)c2C)c1. The second-order valence-electron chi connectivity index (χ2n) is 7.39. The van der Waals surface area contributed by atoms with Crippen molar-refractivity contribution >= 4 is 15.7 Å². The van der Waals surface area contributed by atoms with Gasteiger partial charge < -0.3 is 4.74 Å². The molecule has 0 aliphatic carbocycles. The molecule has 3 aromatic rings. The lowest BCUT2D eigenvalue weighted by molar-refractivity contribution is 0.414. The lowest BCUT2D eigenvalue weighted by Crippen LogP contribution is -2.17. The van der Waals surface area contributed by atoms with E-state index >= 15 is 0 Å². The maximum absolute atomic E-state index is 13.1. The summed E-state index contributed by atoms with van der Waals surface area (Å²) < 4.78 is 36.1. The molecule has 0 radical (unpaired) electrons. The van der Waals surface area contributed by atoms with Gasteiger partial charge in [0.25, 0.3) is 10.0 Å². The first-order valence-electron chi connectivity index (χ1n) is 9.40. The highest BCUT2D eigenvalue weighted by Gasteiger charge is 2.23. The molecular formula is C22H27N3O3S. The van der Waals surface area contributed by atoms with Crippen LogP contribution < -0.4 is 9.46 Å². The zero-order valence-electron chi connectivity index (χ0n) is 17.7. The molecule has 0 bridgehead atoms. The molecule has 0 unspecified atom stereocenters. The Morgan fingerprint density at radius 2 is 1.69 bits per heavy atom. The van der Waals surface area contributed by atoms with Gasteiger partial charge in [-0.05, 0) is 63.4 Å². The van der Waals surface area contributed by atoms with Crippen LogP contribution in [0.25, 0.3) is 0 Å². The average Bonchev–Trinajstić information content (AvgIpc) is 2.87. The molecule has 0 amide bonds. The third-order valence-electron chi connectivity index (χ3n) is 4.96. The van der Waals surface area contributed by atoms with Crippen molar-refractivity contribution in [3.63, 3.8) is 0 Å². The minimum atomic E-state index is -3.73. The van der Waals surface area contributed by atoms with Crippen LogP contribution in [0, 0.1) is 34.6 Å². The van der Waals surface area contributed by atoms with E-state index in [-0.39, 0.29) is 0 Å². The molecule has 1 aromatic heterocycles. The van der Waals surface area contributed by atoms with Gasteiger partial charge in [-0.15, -0.1) is 0 Å². The van der Waals surface area contributed by atoms with Gasteiger partial charge in [0.05, 0.1) is 35.6 Å². The summed E-state index contributed by atoms with van der Waals surface area (Å²) in [6.45, 7) is 9.80. The Morgan fingerprint density at radius 1 is 1.03 bits per heavy atom. The fourth-order valence-electron chi connectivity index (χ4n) is 3.72. The summed E-state index contributed by atoms with van der Waals surface area (Å²) in [4.78, 5) is 0.322. The van der Waals surface area contributed by atoms with Crippen molar-refractivity contribution in [3.05, 3.63) is 70.0 Å². The van der Waals surface area contributed by atoms with Crippen LogP contribution in [0.4, 0.5) is 5.69 Å². The van der Waals surface area contributed by atoms with Crippen molar-refractivity contribution in [2.75, 3.05) is 11.8 Å². The number of hydrogen-bond acceptors (Lipinski definition) is 4. The molecule has 0 saturated carbocycles. The molecule has 1 heterocycles. The number of rotatable bonds is 6. The molecule has 7 heteroatoms. The summed E-state index contributed by atoms with van der Waals surface area (Å²) in [5.74, 6) is 0.773. The first-order chi connectivity index (χ1) is 13.6. The number of anilines is 1. The summed E-state index contributed by atoms with van der Waals surface area (Å²) in [6, 6.07) is 11.5. The molecule has 6 nitrogen and oxygen atoms in total. The normalized spacial score (nSPS) is 11.5. The van der Waals surface area contributed by atoms with Gasteiger partial charge in [0, 0.05) is 0 Å². The highest BCUT2D eigenvalue weighted by Crippen LogP contribution is 2.28. The van der Waals surface area contributed by atoms with Crippen molar-refractivity contribution < 1.29 is 13.2 Å². The maximum atomic E-state index is 13.1. The molecule has 2 aromatic carbocycles. The Kier molecular flexibility index (Phi) is 5.71. The summed E-state index contributed by atoms with van der Waals surface area (Å²) in [7, 11) is -2.10. The van der Waals surface area contributed by atoms with Crippen LogP contribution in [0.1, 0.15) is 33.6 Å². The topological polar surface area (TPSA) is 73.2 Å². The first-order valence-corrected chi connectivity index (χ1v) is 10.9. The second kappa shape index (κ2) is 7.91. The minimum absolute atomic E-state index is 0.322. The van der Waals surface area contributed by atoms with E-state index in [1.807, 2.05) is 71.0 Å². The van der Waals surface area contributed by atoms with Gasteiger partial charge in [-0.2, -0.15) is 5.10 Å². The van der Waals surface area contributed by atoms with Gasteiger partial charge in [0.1, 0.15) is 5.75 Å². The quantitative estimate of drug-likeness (QED) is 0.654. The van der Waals surface area contributed by atoms with Crippen molar-refractivity contribution in [3.8, 4) is 5.75 Å². The summed E-state index contributed by atoms with van der Waals surface area (Å²) in [5.41, 5.74) is 5.44. The van der Waals surface area contributed by atoms with Gasteiger partial charge in [0.2, 0.25) is 0 Å². The van der Waals surface area contributed by atoms with E-state index in [1.165, 1.54) is 0 Å². The van der Waals surface area contributed by atoms with Gasteiger partial charge in [0.15, 0.2) is 0 Å². The lowest BCUT2D eigenvalue weighted by atomic mass is 10.1. The molecule has 0 saturated heterocycles. The fourth-order valence-corrected chi connectivity index (χ4v) is 5.35. The zero-order valence-corrected chi connectivity index (χ0v) is 18.5. The van der Waals surface area contributed by atoms with Gasteiger partial charge in [-0.1, -0.05) is 29.8 Å². The average molecular weight is 414 g/mol. The third-order valence-corrected chi connectivity index (χ3v) is 6.61. The standard InChI is InChI=1S/C22H27N3O3S/c1-14-10-15(2)22(16(3)11-14)29(26,27)24-21-17(4)23-25(18(21)5)13-19-8-7-9-20(12-19)28-6/h7-12,24H,13H2,1-6H3. The maximum Gasteiger partial charge on any atom is 0.262 e. The highest BCUT2D eigenvalue weighted by atomic mass is 32.2. The van der Waals surface area contributed by atoms with Gasteiger partial charge >= 0.3 is 0 Å². The molecule has 0 aliphatic heterocycles. The number of ether oxygens (including phenoxy) is 1. The number of nitrogens with one attached hydrogen (secondary N) is 1. The van der Waals surface area contributed by atoms with Crippen molar-refractivity contribution in [1.29, 1.82) is 0 Å². The number of benzene rings is 2.